The maximum Gasteiger partial charge on any atom is 0.410 e. The monoisotopic (exact) mass is 393 g/mol. The van der Waals surface area contributed by atoms with Gasteiger partial charge in [0.05, 0.1) is 18.6 Å². The van der Waals surface area contributed by atoms with E-state index in [1.807, 2.05) is 65.0 Å². The zero-order valence-electron chi connectivity index (χ0n) is 18.2. The van der Waals surface area contributed by atoms with Crippen LogP contribution in [0.2, 0.25) is 0 Å². The van der Waals surface area contributed by atoms with Gasteiger partial charge in [-0.05, 0) is 32.3 Å². The fraction of sp³-hybridized carbons (Fsp3) is 0.636. The van der Waals surface area contributed by atoms with E-state index < -0.39 is 17.8 Å². The van der Waals surface area contributed by atoms with Crippen LogP contribution in [0, 0.1) is 5.92 Å². The first-order valence-corrected chi connectivity index (χ1v) is 9.77. The summed E-state index contributed by atoms with van der Waals surface area (Å²) >= 11 is 0. The zero-order valence-corrected chi connectivity index (χ0v) is 18.2. The van der Waals surface area contributed by atoms with Gasteiger partial charge >= 0.3 is 12.1 Å². The maximum atomic E-state index is 12.6. The van der Waals surface area contributed by atoms with Crippen molar-refractivity contribution < 1.29 is 23.8 Å². The number of benzene rings is 1. The van der Waals surface area contributed by atoms with Crippen molar-refractivity contribution in [3.05, 3.63) is 35.9 Å². The minimum atomic E-state index is -0.568. The molecule has 1 amide bonds. The molecule has 1 aromatic carbocycles. The number of carbonyl (C=O) groups excluding carboxylic acids is 2. The predicted molar refractivity (Wildman–Crippen MR) is 109 cm³/mol. The third-order valence-electron chi connectivity index (χ3n) is 4.64. The highest BCUT2D eigenvalue weighted by atomic mass is 16.6. The van der Waals surface area contributed by atoms with Crippen molar-refractivity contribution >= 4 is 12.1 Å². The van der Waals surface area contributed by atoms with Crippen LogP contribution in [0.1, 0.15) is 53.0 Å². The molecular formula is C22H35NO5. The second-order valence-electron chi connectivity index (χ2n) is 8.09. The van der Waals surface area contributed by atoms with Gasteiger partial charge in [0.1, 0.15) is 12.2 Å². The lowest BCUT2D eigenvalue weighted by Crippen LogP contribution is -2.50. The summed E-state index contributed by atoms with van der Waals surface area (Å²) < 4.78 is 16.5. The molecule has 0 saturated carbocycles. The number of esters is 1. The van der Waals surface area contributed by atoms with Gasteiger partial charge < -0.3 is 19.1 Å². The molecule has 6 heteroatoms. The molecule has 6 nitrogen and oxygen atoms in total. The van der Waals surface area contributed by atoms with Crippen molar-refractivity contribution in [2.45, 2.75) is 71.8 Å². The van der Waals surface area contributed by atoms with Crippen LogP contribution in [0.5, 0.6) is 0 Å². The number of rotatable bonds is 9. The van der Waals surface area contributed by atoms with E-state index in [4.69, 9.17) is 14.2 Å². The second-order valence-corrected chi connectivity index (χ2v) is 8.09. The summed E-state index contributed by atoms with van der Waals surface area (Å²) in [6.07, 6.45) is -0.0340. The molecule has 0 N–H and O–H groups in total. The van der Waals surface area contributed by atoms with Crippen molar-refractivity contribution in [1.82, 2.24) is 4.90 Å². The Morgan fingerprint density at radius 2 is 1.75 bits per heavy atom. The van der Waals surface area contributed by atoms with E-state index in [2.05, 4.69) is 0 Å². The van der Waals surface area contributed by atoms with Gasteiger partial charge in [0, 0.05) is 14.2 Å². The first-order chi connectivity index (χ1) is 13.1. The number of likely N-dealkylation sites (N-methyl/N-ethyl adjacent to an activating group) is 1. The second kappa shape index (κ2) is 11.1. The van der Waals surface area contributed by atoms with Crippen LogP contribution in [0.25, 0.3) is 0 Å². The number of nitrogens with zero attached hydrogens (tertiary/aromatic N) is 1. The highest BCUT2D eigenvalue weighted by Gasteiger charge is 2.35. The standard InChI is InChI=1S/C22H35NO5/c1-8-16(2)20(18(26-7)14-19(24)28-22(3,4)5)23(6)21(25)27-15-17-12-10-9-11-13-17/h9-13,16,18,20H,8,14-15H2,1-7H3/t16-,18+,20+/m1/s1. The topological polar surface area (TPSA) is 65.1 Å². The average molecular weight is 394 g/mol. The van der Waals surface area contributed by atoms with E-state index in [0.717, 1.165) is 12.0 Å². The van der Waals surface area contributed by atoms with E-state index in [9.17, 15) is 9.59 Å². The van der Waals surface area contributed by atoms with Crippen molar-refractivity contribution in [3.8, 4) is 0 Å². The molecule has 0 aromatic heterocycles. The Hall–Kier alpha value is -2.08. The molecule has 0 saturated heterocycles. The molecular weight excluding hydrogens is 358 g/mol. The van der Waals surface area contributed by atoms with Crippen molar-refractivity contribution in [3.63, 3.8) is 0 Å². The molecule has 0 aliphatic rings. The fourth-order valence-electron chi connectivity index (χ4n) is 3.07. The smallest absolute Gasteiger partial charge is 0.410 e. The van der Waals surface area contributed by atoms with Crippen LogP contribution in [0.15, 0.2) is 30.3 Å². The minimum Gasteiger partial charge on any atom is -0.460 e. The minimum absolute atomic E-state index is 0.0685. The first kappa shape index (κ1) is 24.0. The molecule has 0 bridgehead atoms. The quantitative estimate of drug-likeness (QED) is 0.581. The Kier molecular flexibility index (Phi) is 9.46. The van der Waals surface area contributed by atoms with Gasteiger partial charge in [-0.2, -0.15) is 0 Å². The summed E-state index contributed by atoms with van der Waals surface area (Å²) in [5.41, 5.74) is 0.350. The highest BCUT2D eigenvalue weighted by Crippen LogP contribution is 2.23. The van der Waals surface area contributed by atoms with Gasteiger partial charge in [0.25, 0.3) is 0 Å². The van der Waals surface area contributed by atoms with Crippen LogP contribution in [-0.2, 0) is 25.6 Å². The Bertz CT molecular complexity index is 611. The van der Waals surface area contributed by atoms with Crippen molar-refractivity contribution in [2.24, 2.45) is 5.92 Å². The van der Waals surface area contributed by atoms with Gasteiger partial charge in [-0.15, -0.1) is 0 Å². The van der Waals surface area contributed by atoms with Crippen LogP contribution >= 0.6 is 0 Å². The van der Waals surface area contributed by atoms with E-state index in [1.165, 1.54) is 4.90 Å². The summed E-state index contributed by atoms with van der Waals surface area (Å²) in [5, 5.41) is 0. The summed E-state index contributed by atoms with van der Waals surface area (Å²) in [5.74, 6) is -0.236. The van der Waals surface area contributed by atoms with Gasteiger partial charge in [-0.1, -0.05) is 50.6 Å². The number of hydrogen-bond acceptors (Lipinski definition) is 5. The average Bonchev–Trinajstić information content (AvgIpc) is 2.64. The van der Waals surface area contributed by atoms with Crippen molar-refractivity contribution in [1.29, 1.82) is 0 Å². The summed E-state index contributed by atoms with van der Waals surface area (Å²) in [7, 11) is 3.23. The molecule has 3 atom stereocenters. The van der Waals surface area contributed by atoms with Crippen LogP contribution < -0.4 is 0 Å². The van der Waals surface area contributed by atoms with E-state index >= 15 is 0 Å². The number of ether oxygens (including phenoxy) is 3. The third-order valence-corrected chi connectivity index (χ3v) is 4.64. The molecule has 0 heterocycles. The number of methoxy groups -OCH3 is 1. The molecule has 1 aromatic rings. The first-order valence-electron chi connectivity index (χ1n) is 9.77. The summed E-state index contributed by atoms with van der Waals surface area (Å²) in [6, 6.07) is 9.20. The maximum absolute atomic E-state index is 12.6. The Balaban J connectivity index is 2.85. The summed E-state index contributed by atoms with van der Waals surface area (Å²) in [4.78, 5) is 26.5. The van der Waals surface area contributed by atoms with Crippen LogP contribution in [-0.4, -0.2) is 48.9 Å². The molecule has 0 aliphatic carbocycles. The van der Waals surface area contributed by atoms with Gasteiger partial charge in [-0.25, -0.2) is 4.79 Å². The molecule has 158 valence electrons. The number of hydrogen-bond donors (Lipinski definition) is 0. The SMILES string of the molecule is CC[C@@H](C)[C@@H]([C@H](CC(=O)OC(C)(C)C)OC)N(C)C(=O)OCc1ccccc1. The molecule has 0 unspecified atom stereocenters. The van der Waals surface area contributed by atoms with E-state index in [1.54, 1.807) is 14.2 Å². The number of carbonyl (C=O) groups is 2. The van der Waals surface area contributed by atoms with Crippen molar-refractivity contribution in [2.75, 3.05) is 14.2 Å². The van der Waals surface area contributed by atoms with E-state index in [0.29, 0.717) is 0 Å². The molecule has 0 radical (unpaired) electrons. The van der Waals surface area contributed by atoms with Gasteiger partial charge in [0.2, 0.25) is 0 Å². The van der Waals surface area contributed by atoms with Gasteiger partial charge in [-0.3, -0.25) is 4.79 Å². The molecule has 0 aliphatic heterocycles. The molecule has 0 spiro atoms. The van der Waals surface area contributed by atoms with Gasteiger partial charge in [0.15, 0.2) is 0 Å². The third kappa shape index (κ3) is 7.89. The largest absolute Gasteiger partial charge is 0.460 e. The Labute approximate surface area is 169 Å². The molecule has 0 fully saturated rings. The fourth-order valence-corrected chi connectivity index (χ4v) is 3.07. The van der Waals surface area contributed by atoms with Crippen LogP contribution in [0.3, 0.4) is 0 Å². The number of amides is 1. The zero-order chi connectivity index (χ0) is 21.3. The Morgan fingerprint density at radius 3 is 2.25 bits per heavy atom. The highest BCUT2D eigenvalue weighted by molar-refractivity contribution is 5.71. The molecule has 1 rings (SSSR count). The Morgan fingerprint density at radius 1 is 1.14 bits per heavy atom. The predicted octanol–water partition coefficient (Wildman–Crippen LogP) is 4.42. The lowest BCUT2D eigenvalue weighted by molar-refractivity contribution is -0.159. The summed E-state index contributed by atoms with van der Waals surface area (Å²) in [6.45, 7) is 9.75. The lowest BCUT2D eigenvalue weighted by Gasteiger charge is -2.37. The van der Waals surface area contributed by atoms with Crippen LogP contribution in [0.4, 0.5) is 4.79 Å². The van der Waals surface area contributed by atoms with E-state index in [-0.39, 0.29) is 31.0 Å². The lowest BCUT2D eigenvalue weighted by atomic mass is 9.91. The normalized spacial score (nSPS) is 14.7. The molecule has 28 heavy (non-hydrogen) atoms.